The second-order valence-electron chi connectivity index (χ2n) is 8.52. The van der Waals surface area contributed by atoms with Gasteiger partial charge in [-0.3, -0.25) is 0 Å². The highest BCUT2D eigenvalue weighted by atomic mass is 16.5. The molecule has 0 radical (unpaired) electrons. The molecule has 2 N–H and O–H groups in total. The first-order valence-corrected chi connectivity index (χ1v) is 11.4. The van der Waals surface area contributed by atoms with Crippen molar-refractivity contribution in [2.45, 2.75) is 25.9 Å². The predicted octanol–water partition coefficient (Wildman–Crippen LogP) is 5.08. The summed E-state index contributed by atoms with van der Waals surface area (Å²) in [4.78, 5) is 0. The average Bonchev–Trinajstić information content (AvgIpc) is 2.89. The zero-order valence-corrected chi connectivity index (χ0v) is 20.7. The number of methoxy groups -OCH3 is 4. The summed E-state index contributed by atoms with van der Waals surface area (Å²) in [6.07, 6.45) is 3.50. The molecule has 1 aliphatic heterocycles. The van der Waals surface area contributed by atoms with Gasteiger partial charge in [0.25, 0.3) is 0 Å². The number of nitrogens with two attached hydrogens (primary N) is 1. The van der Waals surface area contributed by atoms with E-state index in [4.69, 9.17) is 29.4 Å². The van der Waals surface area contributed by atoms with Crippen LogP contribution in [0.2, 0.25) is 0 Å². The lowest BCUT2D eigenvalue weighted by Gasteiger charge is -2.38. The Hall–Kier alpha value is -4.05. The van der Waals surface area contributed by atoms with Gasteiger partial charge in [-0.2, -0.15) is 5.26 Å². The summed E-state index contributed by atoms with van der Waals surface area (Å²) in [5.74, 6) is 2.85. The summed E-state index contributed by atoms with van der Waals surface area (Å²) in [5.41, 5.74) is 11.4. The molecule has 0 spiro atoms. The standard InChI is InChI=1S/C28H30N2O5/c1-16-6-8-19(12-17-7-10-21(31-2)23(13-17)33-4)27-25(16)26(20(15-29)28(30)35-27)18-9-11-22(32-3)24(14-18)34-5/h7,9-14,16,27H,6,8,30H2,1-5H3. The maximum absolute atomic E-state index is 10.0. The van der Waals surface area contributed by atoms with Gasteiger partial charge >= 0.3 is 0 Å². The van der Waals surface area contributed by atoms with Gasteiger partial charge in [-0.15, -0.1) is 0 Å². The van der Waals surface area contributed by atoms with Crippen molar-refractivity contribution in [3.63, 3.8) is 0 Å². The Balaban J connectivity index is 1.87. The molecule has 0 saturated heterocycles. The van der Waals surface area contributed by atoms with Gasteiger partial charge in [0.1, 0.15) is 17.7 Å². The van der Waals surface area contributed by atoms with Crippen LogP contribution >= 0.6 is 0 Å². The van der Waals surface area contributed by atoms with Crippen molar-refractivity contribution in [2.24, 2.45) is 11.7 Å². The van der Waals surface area contributed by atoms with Crippen LogP contribution in [0.1, 0.15) is 30.9 Å². The average molecular weight is 475 g/mol. The van der Waals surface area contributed by atoms with Gasteiger partial charge in [-0.05, 0) is 65.3 Å². The van der Waals surface area contributed by atoms with Gasteiger partial charge in [-0.1, -0.05) is 25.1 Å². The predicted molar refractivity (Wildman–Crippen MR) is 134 cm³/mol. The smallest absolute Gasteiger partial charge is 0.204 e. The van der Waals surface area contributed by atoms with Crippen molar-refractivity contribution >= 4 is 11.6 Å². The molecule has 2 unspecified atom stereocenters. The van der Waals surface area contributed by atoms with E-state index in [1.54, 1.807) is 28.4 Å². The summed E-state index contributed by atoms with van der Waals surface area (Å²) < 4.78 is 28.0. The molecule has 0 aromatic heterocycles. The molecule has 1 saturated carbocycles. The first-order valence-electron chi connectivity index (χ1n) is 11.4. The Morgan fingerprint density at radius 3 is 2.20 bits per heavy atom. The van der Waals surface area contributed by atoms with Crippen LogP contribution in [0.5, 0.6) is 23.0 Å². The van der Waals surface area contributed by atoms with E-state index in [-0.39, 0.29) is 17.9 Å². The van der Waals surface area contributed by atoms with Crippen molar-refractivity contribution in [2.75, 3.05) is 28.4 Å². The van der Waals surface area contributed by atoms with E-state index in [2.05, 4.69) is 19.1 Å². The fourth-order valence-corrected chi connectivity index (χ4v) is 4.82. The number of benzene rings is 2. The fraction of sp³-hybridized carbons (Fsp3) is 0.321. The number of rotatable bonds is 6. The molecule has 2 aromatic rings. The van der Waals surface area contributed by atoms with Crippen LogP contribution in [0.15, 0.2) is 59.0 Å². The molecule has 2 atom stereocenters. The Kier molecular flexibility index (Phi) is 6.92. The van der Waals surface area contributed by atoms with Crippen LogP contribution in [0.25, 0.3) is 11.6 Å². The molecular weight excluding hydrogens is 444 g/mol. The lowest BCUT2D eigenvalue weighted by molar-refractivity contribution is 0.143. The topological polar surface area (TPSA) is 96.0 Å². The molecule has 2 aromatic carbocycles. The highest BCUT2D eigenvalue weighted by Crippen LogP contribution is 2.47. The number of nitriles is 1. The monoisotopic (exact) mass is 474 g/mol. The van der Waals surface area contributed by atoms with Crippen molar-refractivity contribution in [1.29, 1.82) is 5.26 Å². The van der Waals surface area contributed by atoms with Gasteiger partial charge in [-0.25, -0.2) is 0 Å². The van der Waals surface area contributed by atoms with E-state index in [9.17, 15) is 5.26 Å². The third kappa shape index (κ3) is 4.40. The lowest BCUT2D eigenvalue weighted by Crippen LogP contribution is -2.33. The summed E-state index contributed by atoms with van der Waals surface area (Å²) in [7, 11) is 6.42. The highest BCUT2D eigenvalue weighted by Gasteiger charge is 2.38. The minimum atomic E-state index is -0.368. The van der Waals surface area contributed by atoms with Crippen molar-refractivity contribution < 1.29 is 23.7 Å². The lowest BCUT2D eigenvalue weighted by atomic mass is 9.73. The number of hydrogen-bond acceptors (Lipinski definition) is 7. The normalized spacial score (nSPS) is 20.6. The summed E-state index contributed by atoms with van der Waals surface area (Å²) in [5, 5.41) is 10.0. The van der Waals surface area contributed by atoms with E-state index in [0.29, 0.717) is 28.6 Å². The molecule has 7 nitrogen and oxygen atoms in total. The summed E-state index contributed by atoms with van der Waals surface area (Å²) in [6.45, 7) is 2.16. The van der Waals surface area contributed by atoms with Crippen molar-refractivity contribution in [1.82, 2.24) is 0 Å². The first kappa shape index (κ1) is 24.1. The Labute approximate surface area is 206 Å². The highest BCUT2D eigenvalue weighted by molar-refractivity contribution is 5.88. The summed E-state index contributed by atoms with van der Waals surface area (Å²) in [6, 6.07) is 13.7. The van der Waals surface area contributed by atoms with Gasteiger partial charge in [0, 0.05) is 5.57 Å². The summed E-state index contributed by atoms with van der Waals surface area (Å²) >= 11 is 0. The Morgan fingerprint density at radius 2 is 1.57 bits per heavy atom. The minimum absolute atomic E-state index is 0.123. The second-order valence-corrected chi connectivity index (χ2v) is 8.52. The van der Waals surface area contributed by atoms with Gasteiger partial charge < -0.3 is 29.4 Å². The van der Waals surface area contributed by atoms with Crippen LogP contribution in [0.4, 0.5) is 0 Å². The minimum Gasteiger partial charge on any atom is -0.493 e. The van der Waals surface area contributed by atoms with E-state index in [0.717, 1.165) is 40.7 Å². The van der Waals surface area contributed by atoms with Crippen LogP contribution in [-0.2, 0) is 4.74 Å². The number of allylic oxidation sites excluding steroid dienone is 2. The molecule has 7 heteroatoms. The third-order valence-corrected chi connectivity index (χ3v) is 6.59. The molecule has 1 fully saturated rings. The maximum atomic E-state index is 10.0. The molecule has 2 aliphatic rings. The molecule has 4 rings (SSSR count). The van der Waals surface area contributed by atoms with E-state index >= 15 is 0 Å². The van der Waals surface area contributed by atoms with E-state index in [1.165, 1.54) is 0 Å². The zero-order valence-electron chi connectivity index (χ0n) is 20.7. The molecule has 1 heterocycles. The number of fused-ring (bicyclic) bond motifs is 1. The Bertz CT molecular complexity index is 1270. The molecule has 0 amide bonds. The van der Waals surface area contributed by atoms with Crippen molar-refractivity contribution in [3.05, 3.63) is 70.1 Å². The Morgan fingerprint density at radius 1 is 0.943 bits per heavy atom. The van der Waals surface area contributed by atoms with E-state index in [1.807, 2.05) is 36.4 Å². The first-order chi connectivity index (χ1) is 16.9. The maximum Gasteiger partial charge on any atom is 0.204 e. The fourth-order valence-electron chi connectivity index (χ4n) is 4.82. The number of nitrogens with zero attached hydrogens (tertiary/aromatic N) is 1. The van der Waals surface area contributed by atoms with Crippen molar-refractivity contribution in [3.8, 4) is 29.1 Å². The zero-order chi connectivity index (χ0) is 25.1. The molecule has 0 bridgehead atoms. The molecular formula is C28H30N2O5. The van der Waals surface area contributed by atoms with Gasteiger partial charge in [0.2, 0.25) is 5.88 Å². The van der Waals surface area contributed by atoms with Crippen LogP contribution < -0.4 is 24.7 Å². The molecule has 35 heavy (non-hydrogen) atoms. The van der Waals surface area contributed by atoms with E-state index < -0.39 is 0 Å². The molecule has 1 aliphatic carbocycles. The van der Waals surface area contributed by atoms with Crippen LogP contribution in [0, 0.1) is 17.2 Å². The second kappa shape index (κ2) is 10.1. The number of hydrogen-bond donors (Lipinski definition) is 1. The largest absolute Gasteiger partial charge is 0.493 e. The third-order valence-electron chi connectivity index (χ3n) is 6.59. The van der Waals surface area contributed by atoms with Crippen LogP contribution in [0.3, 0.4) is 0 Å². The molecule has 182 valence electrons. The van der Waals surface area contributed by atoms with Gasteiger partial charge in [0.15, 0.2) is 23.0 Å². The van der Waals surface area contributed by atoms with Gasteiger partial charge in [0.05, 0.1) is 28.4 Å². The number of ether oxygens (including phenoxy) is 5. The quantitative estimate of drug-likeness (QED) is 0.624. The SMILES string of the molecule is COc1ccc(C=C2CCC(C)C3=C(c4ccc(OC)c(OC)c4)C(C#N)=C(N)OC23)cc1OC. The van der Waals surface area contributed by atoms with Crippen LogP contribution in [-0.4, -0.2) is 34.5 Å².